The lowest BCUT2D eigenvalue weighted by atomic mass is 10.00. The summed E-state index contributed by atoms with van der Waals surface area (Å²) in [6, 6.07) is 0. The van der Waals surface area contributed by atoms with E-state index in [9.17, 15) is 4.57 Å². The van der Waals surface area contributed by atoms with E-state index in [0.717, 1.165) is 38.5 Å². The molecule has 4 nitrogen and oxygen atoms in total. The Morgan fingerprint density at radius 2 is 0.657 bits per heavy atom. The van der Waals surface area contributed by atoms with Crippen LogP contribution in [-0.2, 0) is 18.1 Å². The molecule has 0 spiro atoms. The predicted molar refractivity (Wildman–Crippen MR) is 153 cm³/mol. The van der Waals surface area contributed by atoms with E-state index in [4.69, 9.17) is 13.6 Å². The van der Waals surface area contributed by atoms with Crippen LogP contribution in [0.4, 0.5) is 0 Å². The third-order valence-electron chi connectivity index (χ3n) is 6.72. The summed E-state index contributed by atoms with van der Waals surface area (Å²) >= 11 is 0. The quantitative estimate of drug-likeness (QED) is 0.0941. The van der Waals surface area contributed by atoms with Gasteiger partial charge in [-0.15, -0.1) is 0 Å². The molecule has 0 atom stereocenters. The third-order valence-corrected chi connectivity index (χ3v) is 8.88. The fourth-order valence-electron chi connectivity index (χ4n) is 4.56. The Kier molecular flexibility index (Phi) is 18.4. The molecule has 0 aliphatic carbocycles. The number of phosphoric ester groups is 1. The highest BCUT2D eigenvalue weighted by atomic mass is 31.2. The van der Waals surface area contributed by atoms with Crippen molar-refractivity contribution in [3.05, 3.63) is 0 Å². The third kappa shape index (κ3) is 19.8. The van der Waals surface area contributed by atoms with Crippen LogP contribution < -0.4 is 0 Å². The second-order valence-corrected chi connectivity index (χ2v) is 13.9. The number of hydrogen-bond donors (Lipinski definition) is 0. The van der Waals surface area contributed by atoms with E-state index in [1.165, 1.54) is 77.0 Å². The van der Waals surface area contributed by atoms with Crippen LogP contribution in [0.2, 0.25) is 0 Å². The van der Waals surface area contributed by atoms with Crippen LogP contribution in [0.15, 0.2) is 0 Å². The van der Waals surface area contributed by atoms with Crippen molar-refractivity contribution in [1.82, 2.24) is 0 Å². The molecule has 5 heteroatoms. The maximum atomic E-state index is 14.2. The van der Waals surface area contributed by atoms with Gasteiger partial charge in [0.15, 0.2) is 0 Å². The molecule has 0 saturated carbocycles. The molecule has 0 N–H and O–H groups in total. The van der Waals surface area contributed by atoms with Gasteiger partial charge in [0.25, 0.3) is 0 Å². The smallest absolute Gasteiger partial charge is 0.281 e. The molecule has 0 aromatic rings. The molecule has 0 aromatic carbocycles. The number of unbranched alkanes of at least 4 members (excludes halogenated alkanes) is 12. The summed E-state index contributed by atoms with van der Waals surface area (Å²) in [6.45, 7) is 18.9. The fourth-order valence-corrected chi connectivity index (χ4v) is 6.77. The summed E-state index contributed by atoms with van der Waals surface area (Å²) in [5.41, 5.74) is -1.68. The highest BCUT2D eigenvalue weighted by Crippen LogP contribution is 2.59. The van der Waals surface area contributed by atoms with Gasteiger partial charge in [-0.25, -0.2) is 4.57 Å². The molecule has 212 valence electrons. The number of hydrogen-bond acceptors (Lipinski definition) is 4. The Bertz CT molecular complexity index is 480. The number of rotatable bonds is 24. The van der Waals surface area contributed by atoms with Crippen molar-refractivity contribution in [2.24, 2.45) is 0 Å². The minimum atomic E-state index is -3.77. The van der Waals surface area contributed by atoms with E-state index in [1.807, 2.05) is 41.5 Å². The van der Waals surface area contributed by atoms with Gasteiger partial charge in [-0.3, -0.25) is 13.6 Å². The zero-order valence-electron chi connectivity index (χ0n) is 25.3. The van der Waals surface area contributed by atoms with Gasteiger partial charge in [0.2, 0.25) is 0 Å². The Balaban J connectivity index is 5.25. The van der Waals surface area contributed by atoms with E-state index in [1.54, 1.807) is 0 Å². The first-order valence-electron chi connectivity index (χ1n) is 15.0. The van der Waals surface area contributed by atoms with Crippen LogP contribution in [-0.4, -0.2) is 16.8 Å². The lowest BCUT2D eigenvalue weighted by molar-refractivity contribution is -0.0484. The molecule has 0 heterocycles. The average Bonchev–Trinajstić information content (AvgIpc) is 2.71. The highest BCUT2D eigenvalue weighted by molar-refractivity contribution is 7.48. The molecule has 0 aliphatic heterocycles. The molecule has 0 aromatic heterocycles. The van der Waals surface area contributed by atoms with E-state index < -0.39 is 24.6 Å². The fraction of sp³-hybridized carbons (Fsp3) is 1.00. The molecule has 0 amide bonds. The monoisotopic (exact) mass is 518 g/mol. The molecule has 35 heavy (non-hydrogen) atoms. The van der Waals surface area contributed by atoms with E-state index in [2.05, 4.69) is 20.8 Å². The molecule has 0 saturated heterocycles. The Morgan fingerprint density at radius 1 is 0.429 bits per heavy atom. The van der Waals surface area contributed by atoms with Crippen molar-refractivity contribution in [2.45, 2.75) is 195 Å². The van der Waals surface area contributed by atoms with Crippen LogP contribution >= 0.6 is 7.82 Å². The van der Waals surface area contributed by atoms with Gasteiger partial charge < -0.3 is 0 Å². The number of phosphoric acid groups is 1. The van der Waals surface area contributed by atoms with Crippen molar-refractivity contribution >= 4 is 7.82 Å². The molecule has 0 aliphatic rings. The van der Waals surface area contributed by atoms with E-state index >= 15 is 0 Å². The van der Waals surface area contributed by atoms with Crippen LogP contribution in [0.5, 0.6) is 0 Å². The van der Waals surface area contributed by atoms with Gasteiger partial charge in [0.1, 0.15) is 0 Å². The lowest BCUT2D eigenvalue weighted by Gasteiger charge is -2.38. The van der Waals surface area contributed by atoms with Crippen molar-refractivity contribution in [2.75, 3.05) is 0 Å². The van der Waals surface area contributed by atoms with Gasteiger partial charge in [-0.1, -0.05) is 117 Å². The summed E-state index contributed by atoms with van der Waals surface area (Å²) in [4.78, 5) is 0. The average molecular weight is 519 g/mol. The van der Waals surface area contributed by atoms with Gasteiger partial charge in [0.05, 0.1) is 16.8 Å². The summed E-state index contributed by atoms with van der Waals surface area (Å²) in [5.74, 6) is 0. The van der Waals surface area contributed by atoms with Gasteiger partial charge >= 0.3 is 7.82 Å². The van der Waals surface area contributed by atoms with Crippen LogP contribution in [0.25, 0.3) is 0 Å². The molecular formula is C30H63O4P. The second-order valence-electron chi connectivity index (χ2n) is 12.5. The molecule has 0 radical (unpaired) electrons. The second kappa shape index (κ2) is 18.4. The van der Waals surface area contributed by atoms with Crippen molar-refractivity contribution in [3.8, 4) is 0 Å². The van der Waals surface area contributed by atoms with Crippen LogP contribution in [0, 0.1) is 0 Å². The van der Waals surface area contributed by atoms with Crippen molar-refractivity contribution in [3.63, 3.8) is 0 Å². The largest absolute Gasteiger partial charge is 0.476 e. The summed E-state index contributed by atoms with van der Waals surface area (Å²) in [5, 5.41) is 0. The Hall–Kier alpha value is 0.110. The maximum Gasteiger partial charge on any atom is 0.476 e. The normalized spacial score (nSPS) is 13.5. The molecule has 0 bridgehead atoms. The first kappa shape index (κ1) is 35.1. The summed E-state index contributed by atoms with van der Waals surface area (Å²) in [7, 11) is -3.77. The molecular weight excluding hydrogens is 455 g/mol. The van der Waals surface area contributed by atoms with Crippen molar-refractivity contribution < 1.29 is 18.1 Å². The Morgan fingerprint density at radius 3 is 0.886 bits per heavy atom. The van der Waals surface area contributed by atoms with Gasteiger partial charge in [0, 0.05) is 0 Å². The zero-order chi connectivity index (χ0) is 26.8. The molecule has 0 rings (SSSR count). The summed E-state index contributed by atoms with van der Waals surface area (Å²) in [6.07, 6.45) is 20.5. The lowest BCUT2D eigenvalue weighted by Crippen LogP contribution is -2.32. The van der Waals surface area contributed by atoms with E-state index in [-0.39, 0.29) is 0 Å². The first-order valence-corrected chi connectivity index (χ1v) is 16.5. The zero-order valence-corrected chi connectivity index (χ0v) is 26.2. The SMILES string of the molecule is CCCCCCCC(C)(C)OP(=O)(OC(C)(C)CCCCCCC)OC(C)(C)CCCCCCC. The minimum absolute atomic E-state index is 0.559. The first-order chi connectivity index (χ1) is 16.3. The molecule has 0 unspecified atom stereocenters. The van der Waals surface area contributed by atoms with Crippen LogP contribution in [0.3, 0.4) is 0 Å². The van der Waals surface area contributed by atoms with E-state index in [0.29, 0.717) is 0 Å². The standard InChI is InChI=1S/C30H63O4P/c1-10-13-16-19-22-25-28(4,5)32-35(31,33-29(6,7)26-23-20-17-14-11-2)34-30(8,9)27-24-21-18-15-12-3/h10-27H2,1-9H3. The molecule has 0 fully saturated rings. The van der Waals surface area contributed by atoms with Gasteiger partial charge in [-0.05, 0) is 60.8 Å². The van der Waals surface area contributed by atoms with Crippen LogP contribution in [0.1, 0.15) is 178 Å². The Labute approximate surface area is 220 Å². The van der Waals surface area contributed by atoms with Crippen molar-refractivity contribution in [1.29, 1.82) is 0 Å². The topological polar surface area (TPSA) is 44.8 Å². The summed E-state index contributed by atoms with van der Waals surface area (Å²) < 4.78 is 33.1. The maximum absolute atomic E-state index is 14.2. The van der Waals surface area contributed by atoms with Gasteiger partial charge in [-0.2, -0.15) is 0 Å². The predicted octanol–water partition coefficient (Wildman–Crippen LogP) is 11.6. The minimum Gasteiger partial charge on any atom is -0.281 e. The highest BCUT2D eigenvalue weighted by Gasteiger charge is 2.43.